The molecular weight excluding hydrogens is 286 g/mol. The van der Waals surface area contributed by atoms with E-state index < -0.39 is 0 Å². The summed E-state index contributed by atoms with van der Waals surface area (Å²) in [6.07, 6.45) is 8.89. The van der Waals surface area contributed by atoms with Crippen LogP contribution in [0.5, 0.6) is 0 Å². The van der Waals surface area contributed by atoms with E-state index in [1.165, 1.54) is 25.7 Å². The van der Waals surface area contributed by atoms with Crippen molar-refractivity contribution in [2.75, 3.05) is 18.0 Å². The number of hydrogen-bond donors (Lipinski definition) is 0. The lowest BCUT2D eigenvalue weighted by Crippen LogP contribution is -2.49. The van der Waals surface area contributed by atoms with Gasteiger partial charge in [0.1, 0.15) is 5.82 Å². The summed E-state index contributed by atoms with van der Waals surface area (Å²) in [5.74, 6) is 1.76. The van der Waals surface area contributed by atoms with Crippen LogP contribution in [0.4, 0.5) is 5.82 Å². The molecule has 0 N–H and O–H groups in total. The lowest BCUT2D eigenvalue weighted by Gasteiger charge is -2.39. The molecule has 1 aliphatic carbocycles. The first-order valence-electron chi connectivity index (χ1n) is 8.95. The van der Waals surface area contributed by atoms with Gasteiger partial charge in [-0.3, -0.25) is 4.98 Å². The van der Waals surface area contributed by atoms with Crippen LogP contribution in [0.2, 0.25) is 0 Å². The molecule has 2 aromatic rings. The lowest BCUT2D eigenvalue weighted by atomic mass is 10.1. The van der Waals surface area contributed by atoms with Crippen molar-refractivity contribution in [2.45, 2.75) is 51.2 Å². The van der Waals surface area contributed by atoms with Crippen molar-refractivity contribution in [1.29, 1.82) is 0 Å². The first-order chi connectivity index (χ1) is 11.3. The Hall–Kier alpha value is -1.68. The number of fused-ring (bicyclic) bond motifs is 1. The topological polar surface area (TPSA) is 38.2 Å². The van der Waals surface area contributed by atoms with Crippen molar-refractivity contribution in [3.05, 3.63) is 30.5 Å². The summed E-state index contributed by atoms with van der Waals surface area (Å²) in [5, 5.41) is 0. The molecule has 0 spiro atoms. The van der Waals surface area contributed by atoms with E-state index in [9.17, 15) is 0 Å². The van der Waals surface area contributed by atoms with Crippen LogP contribution in [0.25, 0.3) is 11.0 Å². The zero-order valence-electron chi connectivity index (χ0n) is 13.8. The number of ether oxygens (including phenoxy) is 1. The third-order valence-electron chi connectivity index (χ3n) is 4.98. The average Bonchev–Trinajstić information content (AvgIpc) is 3.44. The number of hydrogen-bond acceptors (Lipinski definition) is 4. The SMILES string of the molecule is CCCC[C@@H]1CN(c2cnc3ccccc3n2)C[C@H](C2CC2)O1. The van der Waals surface area contributed by atoms with Gasteiger partial charge in [-0.25, -0.2) is 4.98 Å². The van der Waals surface area contributed by atoms with Gasteiger partial charge in [0.25, 0.3) is 0 Å². The maximum Gasteiger partial charge on any atom is 0.148 e. The molecule has 4 nitrogen and oxygen atoms in total. The summed E-state index contributed by atoms with van der Waals surface area (Å²) in [6.45, 7) is 4.14. The molecule has 1 aromatic carbocycles. The first-order valence-corrected chi connectivity index (χ1v) is 8.95. The molecule has 0 bridgehead atoms. The molecule has 23 heavy (non-hydrogen) atoms. The Bertz CT molecular complexity index is 670. The first kappa shape index (κ1) is 14.9. The van der Waals surface area contributed by atoms with Crippen LogP contribution < -0.4 is 4.90 Å². The van der Waals surface area contributed by atoms with Crippen molar-refractivity contribution in [1.82, 2.24) is 9.97 Å². The summed E-state index contributed by atoms with van der Waals surface area (Å²) in [7, 11) is 0. The van der Waals surface area contributed by atoms with E-state index in [0.717, 1.165) is 42.3 Å². The van der Waals surface area contributed by atoms with E-state index >= 15 is 0 Å². The predicted molar refractivity (Wildman–Crippen MR) is 92.7 cm³/mol. The maximum absolute atomic E-state index is 6.36. The molecule has 2 atom stereocenters. The quantitative estimate of drug-likeness (QED) is 0.842. The Morgan fingerprint density at radius 3 is 2.78 bits per heavy atom. The summed E-state index contributed by atoms with van der Waals surface area (Å²) >= 11 is 0. The van der Waals surface area contributed by atoms with Crippen LogP contribution in [0, 0.1) is 5.92 Å². The number of benzene rings is 1. The van der Waals surface area contributed by atoms with Crippen molar-refractivity contribution in [3.63, 3.8) is 0 Å². The van der Waals surface area contributed by atoms with Crippen LogP contribution in [0.15, 0.2) is 30.5 Å². The van der Waals surface area contributed by atoms with Gasteiger partial charge in [-0.05, 0) is 37.3 Å². The van der Waals surface area contributed by atoms with Crippen molar-refractivity contribution < 1.29 is 4.74 Å². The van der Waals surface area contributed by atoms with Gasteiger partial charge in [0.15, 0.2) is 0 Å². The van der Waals surface area contributed by atoms with Gasteiger partial charge in [-0.2, -0.15) is 0 Å². The molecule has 122 valence electrons. The Morgan fingerprint density at radius 2 is 2.00 bits per heavy atom. The number of rotatable bonds is 5. The highest BCUT2D eigenvalue weighted by atomic mass is 16.5. The Balaban J connectivity index is 1.56. The van der Waals surface area contributed by atoms with Gasteiger partial charge in [0.2, 0.25) is 0 Å². The number of anilines is 1. The molecule has 4 rings (SSSR count). The smallest absolute Gasteiger partial charge is 0.148 e. The van der Waals surface area contributed by atoms with Gasteiger partial charge in [-0.1, -0.05) is 31.9 Å². The third kappa shape index (κ3) is 3.32. The second-order valence-corrected chi connectivity index (χ2v) is 6.90. The number of aromatic nitrogens is 2. The van der Waals surface area contributed by atoms with Gasteiger partial charge < -0.3 is 9.64 Å². The van der Waals surface area contributed by atoms with Crippen molar-refractivity contribution in [2.24, 2.45) is 5.92 Å². The molecule has 1 saturated carbocycles. The molecule has 1 aromatic heterocycles. The van der Waals surface area contributed by atoms with E-state index in [4.69, 9.17) is 9.72 Å². The largest absolute Gasteiger partial charge is 0.371 e. The maximum atomic E-state index is 6.36. The zero-order chi connectivity index (χ0) is 15.6. The molecule has 0 amide bonds. The summed E-state index contributed by atoms with van der Waals surface area (Å²) < 4.78 is 6.36. The van der Waals surface area contributed by atoms with Gasteiger partial charge in [0, 0.05) is 13.1 Å². The molecule has 1 aliphatic heterocycles. The number of para-hydroxylation sites is 2. The van der Waals surface area contributed by atoms with Crippen molar-refractivity contribution >= 4 is 16.9 Å². The highest BCUT2D eigenvalue weighted by Gasteiger charge is 2.38. The highest BCUT2D eigenvalue weighted by molar-refractivity contribution is 5.75. The fourth-order valence-corrected chi connectivity index (χ4v) is 3.48. The van der Waals surface area contributed by atoms with E-state index in [2.05, 4.69) is 16.8 Å². The second kappa shape index (κ2) is 6.44. The highest BCUT2D eigenvalue weighted by Crippen LogP contribution is 2.38. The monoisotopic (exact) mass is 311 g/mol. The van der Waals surface area contributed by atoms with Crippen LogP contribution in [0.3, 0.4) is 0 Å². The summed E-state index contributed by atoms with van der Waals surface area (Å²) in [4.78, 5) is 11.8. The minimum Gasteiger partial charge on any atom is -0.371 e. The molecule has 2 fully saturated rings. The van der Waals surface area contributed by atoms with E-state index in [0.29, 0.717) is 12.2 Å². The number of nitrogens with zero attached hydrogens (tertiary/aromatic N) is 3. The van der Waals surface area contributed by atoms with Crippen LogP contribution >= 0.6 is 0 Å². The standard InChI is InChI=1S/C19H25N3O/c1-2-3-6-15-12-22(13-18(23-15)14-9-10-14)19-11-20-16-7-4-5-8-17(16)21-19/h4-5,7-8,11,14-15,18H,2-3,6,9-10,12-13H2,1H3/t15-,18-/m1/s1. The van der Waals surface area contributed by atoms with E-state index in [-0.39, 0.29) is 0 Å². The third-order valence-corrected chi connectivity index (χ3v) is 4.98. The Morgan fingerprint density at radius 1 is 1.17 bits per heavy atom. The van der Waals surface area contributed by atoms with Crippen LogP contribution in [0.1, 0.15) is 39.0 Å². The summed E-state index contributed by atoms with van der Waals surface area (Å²) in [5.41, 5.74) is 1.94. The van der Waals surface area contributed by atoms with Crippen molar-refractivity contribution in [3.8, 4) is 0 Å². The van der Waals surface area contributed by atoms with Gasteiger partial charge >= 0.3 is 0 Å². The minimum atomic E-state index is 0.336. The number of morpholine rings is 1. The fraction of sp³-hybridized carbons (Fsp3) is 0.579. The fourth-order valence-electron chi connectivity index (χ4n) is 3.48. The Labute approximate surface area is 137 Å². The molecule has 4 heteroatoms. The average molecular weight is 311 g/mol. The molecule has 0 unspecified atom stereocenters. The van der Waals surface area contributed by atoms with E-state index in [1.54, 1.807) is 0 Å². The van der Waals surface area contributed by atoms with E-state index in [1.807, 2.05) is 30.5 Å². The predicted octanol–water partition coefficient (Wildman–Crippen LogP) is 3.80. The van der Waals surface area contributed by atoms with Gasteiger partial charge in [0.05, 0.1) is 29.4 Å². The Kier molecular flexibility index (Phi) is 4.17. The molecular formula is C19H25N3O. The zero-order valence-corrected chi connectivity index (χ0v) is 13.8. The van der Waals surface area contributed by atoms with Crippen LogP contribution in [-0.4, -0.2) is 35.3 Å². The lowest BCUT2D eigenvalue weighted by molar-refractivity contribution is -0.0411. The summed E-state index contributed by atoms with van der Waals surface area (Å²) in [6, 6.07) is 8.09. The second-order valence-electron chi connectivity index (χ2n) is 6.90. The minimum absolute atomic E-state index is 0.336. The number of unbranched alkanes of at least 4 members (excludes halogenated alkanes) is 1. The normalized spacial score (nSPS) is 25.0. The molecule has 2 aliphatic rings. The molecule has 1 saturated heterocycles. The van der Waals surface area contributed by atoms with Crippen LogP contribution in [-0.2, 0) is 4.74 Å². The molecule has 2 heterocycles. The van der Waals surface area contributed by atoms with Gasteiger partial charge in [-0.15, -0.1) is 0 Å². The molecule has 0 radical (unpaired) electrons.